The van der Waals surface area contributed by atoms with Crippen molar-refractivity contribution in [2.24, 2.45) is 0 Å². The fraction of sp³-hybridized carbons (Fsp3) is 0.421. The molecule has 5 rings (SSSR count). The SMILES string of the molecule is CN1CCOc2ccccc2C(=O)N[C@H](C(=O)NCCOc2ccc(C3CCCCC3)cc2)CCC(=O)N[C@@H](Cc2ccccc2)C1=O. The van der Waals surface area contributed by atoms with Gasteiger partial charge in [0, 0.05) is 19.9 Å². The van der Waals surface area contributed by atoms with E-state index in [1.54, 1.807) is 31.3 Å². The largest absolute Gasteiger partial charge is 0.492 e. The number of ether oxygens (including phenoxy) is 2. The smallest absolute Gasteiger partial charge is 0.255 e. The Kier molecular flexibility index (Phi) is 12.5. The van der Waals surface area contributed by atoms with Crippen molar-refractivity contribution in [1.82, 2.24) is 20.9 Å². The molecule has 1 saturated carbocycles. The summed E-state index contributed by atoms with van der Waals surface area (Å²) in [6.07, 6.45) is 6.59. The summed E-state index contributed by atoms with van der Waals surface area (Å²) < 4.78 is 11.8. The quantitative estimate of drug-likeness (QED) is 0.310. The number of carbonyl (C=O) groups is 4. The summed E-state index contributed by atoms with van der Waals surface area (Å²) >= 11 is 0. The fourth-order valence-electron chi connectivity index (χ4n) is 6.28. The normalized spacial score (nSPS) is 19.9. The van der Waals surface area contributed by atoms with Crippen molar-refractivity contribution in [2.75, 3.05) is 33.4 Å². The molecule has 0 radical (unpaired) electrons. The molecular formula is C38H46N4O6. The maximum absolute atomic E-state index is 13.5. The summed E-state index contributed by atoms with van der Waals surface area (Å²) in [5.74, 6) is 0.0897. The Balaban J connectivity index is 1.23. The first-order valence-corrected chi connectivity index (χ1v) is 17.0. The number of amides is 4. The van der Waals surface area contributed by atoms with E-state index < -0.39 is 29.8 Å². The van der Waals surface area contributed by atoms with Gasteiger partial charge in [-0.3, -0.25) is 19.2 Å². The summed E-state index contributed by atoms with van der Waals surface area (Å²) in [7, 11) is 1.66. The maximum Gasteiger partial charge on any atom is 0.255 e. The van der Waals surface area contributed by atoms with E-state index >= 15 is 0 Å². The number of benzene rings is 3. The van der Waals surface area contributed by atoms with Gasteiger partial charge in [0.05, 0.1) is 18.7 Å². The molecule has 3 aromatic carbocycles. The highest BCUT2D eigenvalue weighted by Crippen LogP contribution is 2.33. The van der Waals surface area contributed by atoms with Crippen LogP contribution in [0, 0.1) is 0 Å². The zero-order valence-electron chi connectivity index (χ0n) is 27.6. The minimum atomic E-state index is -1.01. The molecule has 10 nitrogen and oxygen atoms in total. The fourth-order valence-corrected chi connectivity index (χ4v) is 6.28. The van der Waals surface area contributed by atoms with Crippen LogP contribution in [0.5, 0.6) is 11.5 Å². The minimum absolute atomic E-state index is 0.0258. The lowest BCUT2D eigenvalue weighted by molar-refractivity contribution is -0.135. The zero-order valence-corrected chi connectivity index (χ0v) is 27.6. The van der Waals surface area contributed by atoms with E-state index in [1.807, 2.05) is 42.5 Å². The summed E-state index contributed by atoms with van der Waals surface area (Å²) in [4.78, 5) is 55.0. The van der Waals surface area contributed by atoms with Gasteiger partial charge in [-0.1, -0.05) is 73.9 Å². The standard InChI is InChI=1S/C38H46N4O6/c1-42-23-25-48-34-15-9-8-14-31(34)36(44)41-32(20-21-35(43)40-33(38(42)46)26-27-10-4-2-5-11-27)37(45)39-22-24-47-30-18-16-29(17-19-30)28-12-6-3-7-13-28/h2,4-5,8-11,14-19,28,32-33H,3,6-7,12-13,20-26H2,1H3,(H,39,45)(H,40,43)(H,41,44)/t32-,33-/m0/s1. The van der Waals surface area contributed by atoms with Crippen molar-refractivity contribution in [3.05, 3.63) is 95.6 Å². The van der Waals surface area contributed by atoms with E-state index in [0.717, 1.165) is 11.3 Å². The molecule has 10 heteroatoms. The Morgan fingerprint density at radius 2 is 1.62 bits per heavy atom. The van der Waals surface area contributed by atoms with Gasteiger partial charge >= 0.3 is 0 Å². The van der Waals surface area contributed by atoms with Crippen LogP contribution in [-0.2, 0) is 20.8 Å². The van der Waals surface area contributed by atoms with Gasteiger partial charge in [-0.2, -0.15) is 0 Å². The van der Waals surface area contributed by atoms with Crippen molar-refractivity contribution >= 4 is 23.6 Å². The number of nitrogens with one attached hydrogen (secondary N) is 3. The predicted octanol–water partition coefficient (Wildman–Crippen LogP) is 4.39. The molecule has 2 aliphatic rings. The van der Waals surface area contributed by atoms with E-state index in [4.69, 9.17) is 9.47 Å². The Bertz CT molecular complexity index is 1520. The molecule has 1 aliphatic carbocycles. The van der Waals surface area contributed by atoms with Crippen LogP contribution in [0.3, 0.4) is 0 Å². The first-order chi connectivity index (χ1) is 23.4. The lowest BCUT2D eigenvalue weighted by atomic mass is 9.84. The van der Waals surface area contributed by atoms with Gasteiger partial charge in [0.2, 0.25) is 17.7 Å². The predicted molar refractivity (Wildman–Crippen MR) is 183 cm³/mol. The van der Waals surface area contributed by atoms with Gasteiger partial charge < -0.3 is 30.3 Å². The molecule has 1 heterocycles. The summed E-state index contributed by atoms with van der Waals surface area (Å²) in [6, 6.07) is 22.6. The van der Waals surface area contributed by atoms with Gasteiger partial charge in [-0.05, 0) is 60.6 Å². The van der Waals surface area contributed by atoms with Gasteiger partial charge in [0.15, 0.2) is 0 Å². The van der Waals surface area contributed by atoms with Crippen molar-refractivity contribution in [3.63, 3.8) is 0 Å². The van der Waals surface area contributed by atoms with E-state index in [2.05, 4.69) is 28.1 Å². The van der Waals surface area contributed by atoms with Crippen molar-refractivity contribution in [1.29, 1.82) is 0 Å². The second kappa shape index (κ2) is 17.3. The highest BCUT2D eigenvalue weighted by Gasteiger charge is 2.28. The molecule has 1 fully saturated rings. The molecule has 48 heavy (non-hydrogen) atoms. The highest BCUT2D eigenvalue weighted by atomic mass is 16.5. The Labute approximate surface area is 282 Å². The Morgan fingerprint density at radius 1 is 0.896 bits per heavy atom. The summed E-state index contributed by atoms with van der Waals surface area (Å²) in [5, 5.41) is 8.50. The van der Waals surface area contributed by atoms with Crippen LogP contribution in [0.4, 0.5) is 0 Å². The third-order valence-electron chi connectivity index (χ3n) is 9.02. The maximum atomic E-state index is 13.5. The average molecular weight is 655 g/mol. The number of hydrogen-bond acceptors (Lipinski definition) is 6. The number of para-hydroxylation sites is 1. The first kappa shape index (κ1) is 34.5. The van der Waals surface area contributed by atoms with Crippen LogP contribution in [-0.4, -0.2) is 74.0 Å². The van der Waals surface area contributed by atoms with Gasteiger partial charge in [-0.25, -0.2) is 0 Å². The van der Waals surface area contributed by atoms with Gasteiger partial charge in [0.25, 0.3) is 5.91 Å². The first-order valence-electron chi connectivity index (χ1n) is 17.0. The molecule has 0 saturated heterocycles. The Morgan fingerprint density at radius 3 is 2.40 bits per heavy atom. The highest BCUT2D eigenvalue weighted by molar-refractivity contribution is 5.99. The second-order valence-electron chi connectivity index (χ2n) is 12.5. The van der Waals surface area contributed by atoms with Crippen LogP contribution in [0.15, 0.2) is 78.9 Å². The molecule has 3 aromatic rings. The van der Waals surface area contributed by atoms with Crippen molar-refractivity contribution in [3.8, 4) is 11.5 Å². The number of fused-ring (bicyclic) bond motifs is 1. The zero-order chi connectivity index (χ0) is 33.7. The molecule has 1 aliphatic heterocycles. The third kappa shape index (κ3) is 9.82. The molecule has 0 aromatic heterocycles. The van der Waals surface area contributed by atoms with Crippen LogP contribution >= 0.6 is 0 Å². The van der Waals surface area contributed by atoms with Crippen molar-refractivity contribution < 1.29 is 28.7 Å². The van der Waals surface area contributed by atoms with E-state index in [9.17, 15) is 19.2 Å². The summed E-state index contributed by atoms with van der Waals surface area (Å²) in [5.41, 5.74) is 2.50. The minimum Gasteiger partial charge on any atom is -0.492 e. The molecule has 0 unspecified atom stereocenters. The van der Waals surface area contributed by atoms with Crippen LogP contribution in [0.1, 0.15) is 72.3 Å². The molecule has 3 N–H and O–H groups in total. The monoisotopic (exact) mass is 654 g/mol. The number of likely N-dealkylation sites (N-methyl/N-ethyl adjacent to an activating group) is 1. The number of rotatable bonds is 8. The number of hydrogen-bond donors (Lipinski definition) is 3. The van der Waals surface area contributed by atoms with Gasteiger partial charge in [0.1, 0.15) is 36.8 Å². The van der Waals surface area contributed by atoms with E-state index in [-0.39, 0.29) is 50.6 Å². The third-order valence-corrected chi connectivity index (χ3v) is 9.02. The second-order valence-corrected chi connectivity index (χ2v) is 12.5. The average Bonchev–Trinajstić information content (AvgIpc) is 3.12. The molecule has 2 atom stereocenters. The molecule has 0 spiro atoms. The lowest BCUT2D eigenvalue weighted by Gasteiger charge is -2.25. The van der Waals surface area contributed by atoms with E-state index in [0.29, 0.717) is 18.1 Å². The number of carbonyl (C=O) groups excluding carboxylic acids is 4. The molecular weight excluding hydrogens is 608 g/mol. The van der Waals surface area contributed by atoms with Crippen LogP contribution in [0.25, 0.3) is 0 Å². The molecule has 0 bridgehead atoms. The van der Waals surface area contributed by atoms with E-state index in [1.165, 1.54) is 42.6 Å². The van der Waals surface area contributed by atoms with Crippen LogP contribution in [0.2, 0.25) is 0 Å². The van der Waals surface area contributed by atoms with Crippen LogP contribution < -0.4 is 25.4 Å². The number of nitrogens with zero attached hydrogens (tertiary/aromatic N) is 1. The molecule has 254 valence electrons. The Hall–Kier alpha value is -4.86. The molecule has 4 amide bonds. The van der Waals surface area contributed by atoms with Gasteiger partial charge in [-0.15, -0.1) is 0 Å². The lowest BCUT2D eigenvalue weighted by Crippen LogP contribution is -2.50. The summed E-state index contributed by atoms with van der Waals surface area (Å²) in [6.45, 7) is 0.823. The topological polar surface area (TPSA) is 126 Å². The van der Waals surface area contributed by atoms with Crippen molar-refractivity contribution in [2.45, 2.75) is 69.4 Å².